The minimum absolute atomic E-state index is 1.11. The van der Waals surface area contributed by atoms with Crippen LogP contribution in [-0.2, 0) is 0 Å². The molecule has 0 radical (unpaired) electrons. The van der Waals surface area contributed by atoms with Crippen LogP contribution in [-0.4, -0.2) is 36.4 Å². The average Bonchev–Trinajstić information content (AvgIpc) is 2.32. The average molecular weight is 234 g/mol. The molecule has 0 amide bonds. The van der Waals surface area contributed by atoms with E-state index in [2.05, 4.69) is 37.1 Å². The largest absolute Gasteiger partial charge is 0.369 e. The van der Waals surface area contributed by atoms with Crippen molar-refractivity contribution in [1.82, 2.24) is 5.32 Å². The minimum Gasteiger partial charge on any atom is -0.369 e. The van der Waals surface area contributed by atoms with Crippen molar-refractivity contribution in [3.8, 4) is 0 Å². The van der Waals surface area contributed by atoms with Crippen LogP contribution >= 0.6 is 0 Å². The Kier molecular flexibility index (Phi) is 3.35. The third-order valence-corrected chi connectivity index (χ3v) is 5.45. The number of aryl methyl sites for hydroxylation is 1. The number of nitrogens with zero attached hydrogens (tertiary/aromatic N) is 1. The maximum atomic E-state index is 3.41. The van der Waals surface area contributed by atoms with Gasteiger partial charge in [0.25, 0.3) is 0 Å². The van der Waals surface area contributed by atoms with Crippen LogP contribution in [0, 0.1) is 20.8 Å². The van der Waals surface area contributed by atoms with E-state index in [4.69, 9.17) is 0 Å². The molecule has 1 saturated heterocycles. The zero-order valence-corrected chi connectivity index (χ0v) is 12.9. The number of rotatable bonds is 1. The Morgan fingerprint density at radius 3 is 2.38 bits per heavy atom. The number of hydrogen-bond acceptors (Lipinski definition) is 2. The minimum atomic E-state index is 1.11. The van der Waals surface area contributed by atoms with Gasteiger partial charge in [-0.1, -0.05) is 10.8 Å². The lowest BCUT2D eigenvalue weighted by atomic mass is 10.0. The van der Waals surface area contributed by atoms with Gasteiger partial charge in [0.05, 0.1) is 0 Å². The van der Waals surface area contributed by atoms with E-state index in [0.717, 1.165) is 36.4 Å². The second-order valence-electron chi connectivity index (χ2n) is 4.82. The van der Waals surface area contributed by atoms with Crippen LogP contribution in [0.25, 0.3) is 0 Å². The molecule has 1 aromatic carbocycles. The van der Waals surface area contributed by atoms with Crippen molar-refractivity contribution >= 4 is 21.1 Å². The number of hydrogen-bond donors (Lipinski definition) is 1. The normalized spacial score (nSPS) is 16.8. The molecule has 0 spiro atoms. The molecule has 1 aromatic rings. The van der Waals surface area contributed by atoms with Gasteiger partial charge in [-0.3, -0.25) is 0 Å². The second-order valence-corrected chi connectivity index (χ2v) is 5.82. The van der Waals surface area contributed by atoms with Crippen molar-refractivity contribution in [2.24, 2.45) is 0 Å². The maximum Gasteiger partial charge on any atom is 0.0402 e. The van der Waals surface area contributed by atoms with E-state index in [1.165, 1.54) is 22.4 Å². The monoisotopic (exact) mass is 234 g/mol. The van der Waals surface area contributed by atoms with Crippen molar-refractivity contribution in [3.05, 3.63) is 22.8 Å². The highest BCUT2D eigenvalue weighted by molar-refractivity contribution is 6.34. The molecule has 16 heavy (non-hydrogen) atoms. The van der Waals surface area contributed by atoms with Crippen LogP contribution < -0.4 is 15.4 Å². The van der Waals surface area contributed by atoms with Gasteiger partial charge >= 0.3 is 0 Å². The topological polar surface area (TPSA) is 15.3 Å². The van der Waals surface area contributed by atoms with Gasteiger partial charge in [0.2, 0.25) is 0 Å². The predicted octanol–water partition coefficient (Wildman–Crippen LogP) is 0.0122. The number of piperazine rings is 1. The Balaban J connectivity index is 2.40. The lowest BCUT2D eigenvalue weighted by molar-refractivity contribution is 0.588. The summed E-state index contributed by atoms with van der Waals surface area (Å²) in [5.41, 5.74) is 5.93. The van der Waals surface area contributed by atoms with Crippen LogP contribution in [0.4, 0.5) is 5.69 Å². The molecule has 1 heterocycles. The van der Waals surface area contributed by atoms with Crippen molar-refractivity contribution < 1.29 is 0 Å². The summed E-state index contributed by atoms with van der Waals surface area (Å²) in [5.74, 6) is 0. The van der Waals surface area contributed by atoms with Gasteiger partial charge in [0.1, 0.15) is 0 Å². The summed E-state index contributed by atoms with van der Waals surface area (Å²) in [6, 6.07) is 2.38. The van der Waals surface area contributed by atoms with Crippen LogP contribution in [0.2, 0.25) is 0 Å². The van der Waals surface area contributed by atoms with Crippen molar-refractivity contribution in [2.75, 3.05) is 31.1 Å². The Labute approximate surface area is 101 Å². The molecule has 3 heteroatoms. The van der Waals surface area contributed by atoms with Gasteiger partial charge in [-0.25, -0.2) is 0 Å². The molecule has 1 N–H and O–H groups in total. The Bertz CT molecular complexity index is 395. The lowest BCUT2D eigenvalue weighted by Gasteiger charge is -2.32. The Morgan fingerprint density at radius 1 is 1.12 bits per heavy atom. The molecule has 1 aliphatic heterocycles. The summed E-state index contributed by atoms with van der Waals surface area (Å²) in [6.07, 6.45) is 0. The third kappa shape index (κ3) is 2.02. The Hall–Kier alpha value is -0.803. The maximum absolute atomic E-state index is 3.41. The van der Waals surface area contributed by atoms with Gasteiger partial charge < -0.3 is 10.2 Å². The molecule has 0 saturated carbocycles. The van der Waals surface area contributed by atoms with Crippen LogP contribution in [0.15, 0.2) is 6.07 Å². The molecule has 0 unspecified atom stereocenters. The van der Waals surface area contributed by atoms with E-state index >= 15 is 0 Å². The summed E-state index contributed by atoms with van der Waals surface area (Å²) in [6.45, 7) is 11.3. The summed E-state index contributed by atoms with van der Waals surface area (Å²) in [4.78, 5) is 2.52. The van der Waals surface area contributed by atoms with Gasteiger partial charge in [0, 0.05) is 42.1 Å². The van der Waals surface area contributed by atoms with Crippen LogP contribution in [0.3, 0.4) is 0 Å². The first-order chi connectivity index (χ1) is 7.61. The molecule has 1 aliphatic rings. The van der Waals surface area contributed by atoms with Gasteiger partial charge in [-0.05, 0) is 38.0 Å². The summed E-state index contributed by atoms with van der Waals surface area (Å²) >= 11 is 0. The van der Waals surface area contributed by atoms with Crippen LogP contribution in [0.1, 0.15) is 16.7 Å². The molecule has 0 aromatic heterocycles. The van der Waals surface area contributed by atoms with Crippen molar-refractivity contribution in [1.29, 1.82) is 0 Å². The van der Waals surface area contributed by atoms with Gasteiger partial charge in [-0.2, -0.15) is 0 Å². The predicted molar refractivity (Wildman–Crippen MR) is 75.3 cm³/mol. The highest BCUT2D eigenvalue weighted by Crippen LogP contribution is 2.23. The zero-order chi connectivity index (χ0) is 11.7. The van der Waals surface area contributed by atoms with Gasteiger partial charge in [0.15, 0.2) is 0 Å². The second kappa shape index (κ2) is 4.59. The molecule has 2 nitrogen and oxygen atoms in total. The smallest absolute Gasteiger partial charge is 0.0402 e. The SMILES string of the molecule is Cc1cc(N2CCNCC2)c(C)c(C)c1[SiH3]. The molecule has 88 valence electrons. The fourth-order valence-corrected chi connectivity index (χ4v) is 2.94. The standard InChI is InChI=1S/C13H22N2Si/c1-9-8-12(10(2)11(3)13(9)16)15-6-4-14-5-7-15/h8,14H,4-7H2,1-3,16H3. The van der Waals surface area contributed by atoms with Gasteiger partial charge in [-0.15, -0.1) is 0 Å². The molecular formula is C13H22N2Si. The summed E-state index contributed by atoms with van der Waals surface area (Å²) < 4.78 is 0. The molecule has 0 aliphatic carbocycles. The molecule has 1 fully saturated rings. The quantitative estimate of drug-likeness (QED) is 0.689. The number of anilines is 1. The molecule has 2 rings (SSSR count). The first kappa shape index (κ1) is 11.7. The van der Waals surface area contributed by atoms with E-state index in [0.29, 0.717) is 0 Å². The first-order valence-electron chi connectivity index (χ1n) is 6.14. The number of benzene rings is 1. The summed E-state index contributed by atoms with van der Waals surface area (Å²) in [5, 5.41) is 4.99. The lowest BCUT2D eigenvalue weighted by Crippen LogP contribution is -2.44. The number of nitrogens with one attached hydrogen (secondary N) is 1. The van der Waals surface area contributed by atoms with Crippen LogP contribution in [0.5, 0.6) is 0 Å². The highest BCUT2D eigenvalue weighted by Gasteiger charge is 2.15. The molecule has 0 atom stereocenters. The molecular weight excluding hydrogens is 212 g/mol. The van der Waals surface area contributed by atoms with E-state index in [9.17, 15) is 0 Å². The first-order valence-corrected chi connectivity index (χ1v) is 7.14. The third-order valence-electron chi connectivity index (χ3n) is 3.91. The van der Waals surface area contributed by atoms with Crippen molar-refractivity contribution in [2.45, 2.75) is 20.8 Å². The highest BCUT2D eigenvalue weighted by atomic mass is 28.1. The van der Waals surface area contributed by atoms with E-state index < -0.39 is 0 Å². The fourth-order valence-electron chi connectivity index (χ4n) is 2.42. The van der Waals surface area contributed by atoms with E-state index in [1.54, 1.807) is 5.19 Å². The molecule has 0 bridgehead atoms. The van der Waals surface area contributed by atoms with Crippen molar-refractivity contribution in [3.63, 3.8) is 0 Å². The summed E-state index contributed by atoms with van der Waals surface area (Å²) in [7, 11) is 1.16. The fraction of sp³-hybridized carbons (Fsp3) is 0.538. The van der Waals surface area contributed by atoms with E-state index in [1.807, 2.05) is 0 Å². The zero-order valence-electron chi connectivity index (χ0n) is 10.9. The Morgan fingerprint density at radius 2 is 1.75 bits per heavy atom. The van der Waals surface area contributed by atoms with E-state index in [-0.39, 0.29) is 0 Å².